The molecule has 0 saturated carbocycles. The monoisotopic (exact) mass is 222 g/mol. The van der Waals surface area contributed by atoms with E-state index in [2.05, 4.69) is 0 Å². The Morgan fingerprint density at radius 1 is 1.56 bits per heavy atom. The number of carboxylic acids is 1. The van der Waals surface area contributed by atoms with Crippen molar-refractivity contribution in [2.45, 2.75) is 32.1 Å². The van der Waals surface area contributed by atoms with Crippen LogP contribution in [0.1, 0.15) is 36.8 Å². The van der Waals surface area contributed by atoms with Crippen LogP contribution in [0.2, 0.25) is 0 Å². The van der Waals surface area contributed by atoms with E-state index in [0.717, 1.165) is 24.8 Å². The Morgan fingerprint density at radius 3 is 3.00 bits per heavy atom. The van der Waals surface area contributed by atoms with Crippen molar-refractivity contribution in [3.63, 3.8) is 0 Å². The van der Waals surface area contributed by atoms with Crippen LogP contribution < -0.4 is 0 Å². The fourth-order valence-corrected chi connectivity index (χ4v) is 2.54. The minimum Gasteiger partial charge on any atom is -0.481 e. The minimum absolute atomic E-state index is 0.178. The first-order valence-corrected chi connectivity index (χ1v) is 5.61. The number of aliphatic carboxylic acids is 1. The fraction of sp³-hybridized carbons (Fsp3) is 0.462. The van der Waals surface area contributed by atoms with E-state index in [0.29, 0.717) is 5.56 Å². The summed E-state index contributed by atoms with van der Waals surface area (Å²) < 4.78 is 13.8. The van der Waals surface area contributed by atoms with E-state index in [-0.39, 0.29) is 11.7 Å². The summed E-state index contributed by atoms with van der Waals surface area (Å²) in [5, 5.41) is 9.03. The van der Waals surface area contributed by atoms with Gasteiger partial charge in [-0.05, 0) is 36.5 Å². The van der Waals surface area contributed by atoms with E-state index in [1.54, 1.807) is 13.0 Å². The van der Waals surface area contributed by atoms with Crippen LogP contribution >= 0.6 is 0 Å². The van der Waals surface area contributed by atoms with Crippen molar-refractivity contribution < 1.29 is 14.3 Å². The summed E-state index contributed by atoms with van der Waals surface area (Å²) in [5.74, 6) is -1.80. The van der Waals surface area contributed by atoms with Gasteiger partial charge in [0.2, 0.25) is 0 Å². The Morgan fingerprint density at radius 2 is 2.31 bits per heavy atom. The maximum atomic E-state index is 13.8. The molecule has 0 saturated heterocycles. The lowest BCUT2D eigenvalue weighted by Gasteiger charge is -2.28. The Labute approximate surface area is 94.1 Å². The van der Waals surface area contributed by atoms with Crippen LogP contribution in [0.5, 0.6) is 0 Å². The van der Waals surface area contributed by atoms with E-state index >= 15 is 0 Å². The first-order chi connectivity index (χ1) is 7.61. The highest BCUT2D eigenvalue weighted by molar-refractivity contribution is 5.71. The third kappa shape index (κ3) is 1.82. The number of benzene rings is 1. The highest BCUT2D eigenvalue weighted by Crippen LogP contribution is 2.38. The molecule has 0 radical (unpaired) electrons. The zero-order valence-corrected chi connectivity index (χ0v) is 9.24. The molecule has 1 aromatic rings. The second kappa shape index (κ2) is 4.24. The largest absolute Gasteiger partial charge is 0.481 e. The molecule has 1 N–H and O–H groups in total. The van der Waals surface area contributed by atoms with E-state index in [1.807, 2.05) is 6.07 Å². The summed E-state index contributed by atoms with van der Waals surface area (Å²) in [6.07, 6.45) is 2.57. The number of carbonyl (C=O) groups is 1. The van der Waals surface area contributed by atoms with E-state index < -0.39 is 11.9 Å². The molecule has 0 amide bonds. The normalized spacial score (nSPS) is 21.2. The van der Waals surface area contributed by atoms with Gasteiger partial charge in [0, 0.05) is 5.92 Å². The number of halogens is 1. The summed E-state index contributed by atoms with van der Waals surface area (Å²) >= 11 is 0. The Bertz CT molecular complexity index is 414. The van der Waals surface area contributed by atoms with Crippen LogP contribution in [-0.2, 0) is 11.2 Å². The zero-order chi connectivity index (χ0) is 11.7. The molecule has 2 rings (SSSR count). The van der Waals surface area contributed by atoms with Gasteiger partial charge in [0.25, 0.3) is 0 Å². The van der Waals surface area contributed by atoms with Crippen molar-refractivity contribution in [3.05, 3.63) is 35.1 Å². The average Bonchev–Trinajstić information content (AvgIpc) is 2.27. The lowest BCUT2D eigenvalue weighted by molar-refractivity contribution is -0.142. The number of hydrogen-bond acceptors (Lipinski definition) is 1. The smallest absolute Gasteiger partial charge is 0.306 e. The summed E-state index contributed by atoms with van der Waals surface area (Å²) in [4.78, 5) is 11.0. The third-order valence-corrected chi connectivity index (χ3v) is 3.47. The van der Waals surface area contributed by atoms with Crippen molar-refractivity contribution >= 4 is 5.97 Å². The van der Waals surface area contributed by atoms with Gasteiger partial charge in [0.1, 0.15) is 5.82 Å². The minimum atomic E-state index is -0.846. The first-order valence-electron chi connectivity index (χ1n) is 5.61. The molecule has 16 heavy (non-hydrogen) atoms. The van der Waals surface area contributed by atoms with Gasteiger partial charge in [0.15, 0.2) is 0 Å². The lowest BCUT2D eigenvalue weighted by Crippen LogP contribution is -2.23. The molecule has 3 heteroatoms. The van der Waals surface area contributed by atoms with Crippen molar-refractivity contribution in [1.82, 2.24) is 0 Å². The number of aryl methyl sites for hydroxylation is 1. The van der Waals surface area contributed by atoms with Gasteiger partial charge in [-0.15, -0.1) is 0 Å². The van der Waals surface area contributed by atoms with Crippen molar-refractivity contribution in [1.29, 1.82) is 0 Å². The van der Waals surface area contributed by atoms with Gasteiger partial charge in [0.05, 0.1) is 5.92 Å². The van der Waals surface area contributed by atoms with Gasteiger partial charge in [-0.2, -0.15) is 0 Å². The fourth-order valence-electron chi connectivity index (χ4n) is 2.54. The maximum Gasteiger partial charge on any atom is 0.306 e. The molecule has 0 aromatic heterocycles. The lowest BCUT2D eigenvalue weighted by atomic mass is 9.76. The molecule has 2 unspecified atom stereocenters. The maximum absolute atomic E-state index is 13.8. The molecule has 2 atom stereocenters. The summed E-state index contributed by atoms with van der Waals surface area (Å²) in [6.45, 7) is 1.66. The van der Waals surface area contributed by atoms with Gasteiger partial charge < -0.3 is 5.11 Å². The first kappa shape index (κ1) is 11.1. The molecule has 0 fully saturated rings. The predicted octanol–water partition coefficient (Wildman–Crippen LogP) is 2.97. The second-order valence-corrected chi connectivity index (χ2v) is 4.44. The molecule has 0 spiro atoms. The molecule has 0 bridgehead atoms. The Kier molecular flexibility index (Phi) is 2.95. The topological polar surface area (TPSA) is 37.3 Å². The molecule has 2 nitrogen and oxygen atoms in total. The molecule has 1 aromatic carbocycles. The molecular weight excluding hydrogens is 207 g/mol. The van der Waals surface area contributed by atoms with Crippen molar-refractivity contribution in [2.24, 2.45) is 5.92 Å². The van der Waals surface area contributed by atoms with Crippen LogP contribution in [-0.4, -0.2) is 11.1 Å². The van der Waals surface area contributed by atoms with Crippen molar-refractivity contribution in [2.75, 3.05) is 0 Å². The second-order valence-electron chi connectivity index (χ2n) is 4.44. The van der Waals surface area contributed by atoms with Crippen molar-refractivity contribution in [3.8, 4) is 0 Å². The predicted molar refractivity (Wildman–Crippen MR) is 58.9 cm³/mol. The summed E-state index contributed by atoms with van der Waals surface area (Å²) in [5.41, 5.74) is 1.60. The van der Waals surface area contributed by atoms with E-state index in [1.165, 1.54) is 6.07 Å². The summed E-state index contributed by atoms with van der Waals surface area (Å²) in [6, 6.07) is 5.02. The van der Waals surface area contributed by atoms with Gasteiger partial charge in [-0.25, -0.2) is 4.39 Å². The molecule has 0 heterocycles. The van der Waals surface area contributed by atoms with Gasteiger partial charge in [-0.3, -0.25) is 4.79 Å². The average molecular weight is 222 g/mol. The third-order valence-electron chi connectivity index (χ3n) is 3.47. The highest BCUT2D eigenvalue weighted by Gasteiger charge is 2.31. The Balaban J connectivity index is 2.43. The number of hydrogen-bond donors (Lipinski definition) is 1. The van der Waals surface area contributed by atoms with Gasteiger partial charge in [-0.1, -0.05) is 19.1 Å². The van der Waals surface area contributed by atoms with Crippen LogP contribution in [0.15, 0.2) is 18.2 Å². The Hall–Kier alpha value is -1.38. The zero-order valence-electron chi connectivity index (χ0n) is 9.24. The van der Waals surface area contributed by atoms with Crippen LogP contribution in [0.3, 0.4) is 0 Å². The molecule has 1 aliphatic rings. The van der Waals surface area contributed by atoms with E-state index in [4.69, 9.17) is 5.11 Å². The standard InChI is InChI=1S/C13H15FO2/c1-8(13(15)16)10-6-2-4-9-5-3-7-11(14)12(9)10/h3,5,7-8,10H,2,4,6H2,1H3,(H,15,16). The molecular formula is C13H15FO2. The molecule has 1 aliphatic carbocycles. The number of fused-ring (bicyclic) bond motifs is 1. The van der Waals surface area contributed by atoms with E-state index in [9.17, 15) is 9.18 Å². The molecule has 86 valence electrons. The highest BCUT2D eigenvalue weighted by atomic mass is 19.1. The quantitative estimate of drug-likeness (QED) is 0.835. The number of rotatable bonds is 2. The summed E-state index contributed by atoms with van der Waals surface area (Å²) in [7, 11) is 0. The number of carboxylic acid groups (broad SMARTS) is 1. The van der Waals surface area contributed by atoms with Crippen LogP contribution in [0.4, 0.5) is 4.39 Å². The SMILES string of the molecule is CC(C(=O)O)C1CCCc2cccc(F)c21. The molecule has 0 aliphatic heterocycles. The van der Waals surface area contributed by atoms with Crippen LogP contribution in [0, 0.1) is 11.7 Å². The van der Waals surface area contributed by atoms with Gasteiger partial charge >= 0.3 is 5.97 Å². The van der Waals surface area contributed by atoms with Crippen LogP contribution in [0.25, 0.3) is 0 Å².